The highest BCUT2D eigenvalue weighted by Gasteiger charge is 2.18. The summed E-state index contributed by atoms with van der Waals surface area (Å²) in [5.41, 5.74) is 9.53. The molecule has 2 heterocycles. The van der Waals surface area contributed by atoms with Crippen molar-refractivity contribution in [3.63, 3.8) is 0 Å². The Morgan fingerprint density at radius 2 is 1.16 bits per heavy atom. The molecule has 0 atom stereocenters. The van der Waals surface area contributed by atoms with E-state index in [9.17, 15) is 0 Å². The van der Waals surface area contributed by atoms with Crippen LogP contribution in [0.15, 0.2) is 167 Å². The van der Waals surface area contributed by atoms with E-state index >= 15 is 0 Å². The first-order valence-electron chi connectivity index (χ1n) is 15.0. The molecule has 0 unspecified atom stereocenters. The molecular weight excluding hydrogens is 552 g/mol. The number of rotatable bonds is 5. The van der Waals surface area contributed by atoms with Gasteiger partial charge < -0.3 is 13.7 Å². The lowest BCUT2D eigenvalue weighted by Crippen LogP contribution is -2.10. The van der Waals surface area contributed by atoms with Gasteiger partial charge in [0.15, 0.2) is 5.58 Å². The van der Waals surface area contributed by atoms with E-state index in [0.29, 0.717) is 5.89 Å². The normalized spacial score (nSPS) is 11.6. The largest absolute Gasteiger partial charge is 0.456 e. The van der Waals surface area contributed by atoms with Gasteiger partial charge in [-0.1, -0.05) is 91.0 Å². The summed E-state index contributed by atoms with van der Waals surface area (Å²) in [5.74, 6) is 0.618. The Morgan fingerprint density at radius 1 is 0.444 bits per heavy atom. The van der Waals surface area contributed by atoms with Gasteiger partial charge in [-0.05, 0) is 83.1 Å². The predicted molar refractivity (Wildman–Crippen MR) is 184 cm³/mol. The van der Waals surface area contributed by atoms with Crippen LogP contribution in [0.1, 0.15) is 0 Å². The summed E-state index contributed by atoms with van der Waals surface area (Å²) in [5, 5.41) is 4.58. The molecule has 0 amide bonds. The minimum Gasteiger partial charge on any atom is -0.456 e. The fraction of sp³-hybridized carbons (Fsp3) is 0. The second-order valence-corrected chi connectivity index (χ2v) is 11.2. The molecule has 0 aliphatic heterocycles. The van der Waals surface area contributed by atoms with Crippen LogP contribution in [-0.2, 0) is 0 Å². The molecule has 4 nitrogen and oxygen atoms in total. The fourth-order valence-electron chi connectivity index (χ4n) is 6.31. The van der Waals surface area contributed by atoms with Crippen molar-refractivity contribution in [2.75, 3.05) is 4.90 Å². The second kappa shape index (κ2) is 10.2. The molecule has 0 saturated carbocycles. The molecular formula is C41H26N2O2. The lowest BCUT2D eigenvalue weighted by atomic mass is 10.0. The molecule has 2 aromatic heterocycles. The van der Waals surface area contributed by atoms with Crippen LogP contribution >= 0.6 is 0 Å². The first-order chi connectivity index (χ1) is 22.3. The molecule has 9 rings (SSSR count). The van der Waals surface area contributed by atoms with Crippen LogP contribution in [0.25, 0.3) is 66.4 Å². The number of benzene rings is 7. The van der Waals surface area contributed by atoms with Crippen molar-refractivity contribution < 1.29 is 8.83 Å². The second-order valence-electron chi connectivity index (χ2n) is 11.2. The summed E-state index contributed by atoms with van der Waals surface area (Å²) in [6.07, 6.45) is 0. The van der Waals surface area contributed by atoms with E-state index in [2.05, 4.69) is 108 Å². The van der Waals surface area contributed by atoms with E-state index in [1.807, 2.05) is 54.6 Å². The number of anilines is 3. The first-order valence-corrected chi connectivity index (χ1v) is 15.0. The van der Waals surface area contributed by atoms with Gasteiger partial charge in [0, 0.05) is 39.0 Å². The average molecular weight is 579 g/mol. The summed E-state index contributed by atoms with van der Waals surface area (Å²) in [6.45, 7) is 0. The van der Waals surface area contributed by atoms with Crippen molar-refractivity contribution >= 4 is 60.9 Å². The molecule has 0 aliphatic carbocycles. The smallest absolute Gasteiger partial charge is 0.227 e. The van der Waals surface area contributed by atoms with Crippen LogP contribution in [0.4, 0.5) is 17.1 Å². The number of nitrogens with zero attached hydrogens (tertiary/aromatic N) is 2. The number of hydrogen-bond donors (Lipinski definition) is 0. The van der Waals surface area contributed by atoms with Crippen LogP contribution < -0.4 is 4.90 Å². The van der Waals surface area contributed by atoms with Gasteiger partial charge in [0.25, 0.3) is 0 Å². The molecule has 45 heavy (non-hydrogen) atoms. The standard InChI is InChI=1S/C41H26N2O2/c1-2-11-28(12-3-1)41-42-37-18-9-17-34(40(37)45-41)30-14-8-15-31(25-30)43(32-21-20-27-10-4-5-13-29(27)24-32)33-22-23-39-36(26-33)35-16-6-7-19-38(35)44-39/h1-26H. The van der Waals surface area contributed by atoms with Crippen LogP contribution in [0.3, 0.4) is 0 Å². The third kappa shape index (κ3) is 4.35. The summed E-state index contributed by atoms with van der Waals surface area (Å²) in [6, 6.07) is 54.6. The Morgan fingerprint density at radius 3 is 2.09 bits per heavy atom. The number of furan rings is 1. The van der Waals surface area contributed by atoms with Crippen molar-refractivity contribution in [2.24, 2.45) is 0 Å². The molecule has 7 aromatic carbocycles. The third-order valence-electron chi connectivity index (χ3n) is 8.46. The van der Waals surface area contributed by atoms with E-state index in [0.717, 1.165) is 66.8 Å². The molecule has 0 radical (unpaired) electrons. The van der Waals surface area contributed by atoms with Crippen molar-refractivity contribution in [3.8, 4) is 22.6 Å². The number of hydrogen-bond acceptors (Lipinski definition) is 4. The third-order valence-corrected chi connectivity index (χ3v) is 8.46. The molecule has 9 aromatic rings. The minimum absolute atomic E-state index is 0.618. The van der Waals surface area contributed by atoms with Gasteiger partial charge in [-0.25, -0.2) is 4.98 Å². The molecule has 0 bridgehead atoms. The van der Waals surface area contributed by atoms with Crippen LogP contribution in [-0.4, -0.2) is 4.98 Å². The van der Waals surface area contributed by atoms with E-state index in [4.69, 9.17) is 13.8 Å². The zero-order valence-electron chi connectivity index (χ0n) is 24.2. The predicted octanol–water partition coefficient (Wildman–Crippen LogP) is 11.7. The van der Waals surface area contributed by atoms with E-state index in [-0.39, 0.29) is 0 Å². The molecule has 0 N–H and O–H groups in total. The van der Waals surface area contributed by atoms with Gasteiger partial charge in [-0.15, -0.1) is 0 Å². The Bertz CT molecular complexity index is 2510. The maximum absolute atomic E-state index is 6.40. The van der Waals surface area contributed by atoms with E-state index < -0.39 is 0 Å². The summed E-state index contributed by atoms with van der Waals surface area (Å²) < 4.78 is 12.6. The van der Waals surface area contributed by atoms with Gasteiger partial charge in [-0.3, -0.25) is 0 Å². The first kappa shape index (κ1) is 25.4. The summed E-state index contributed by atoms with van der Waals surface area (Å²) in [7, 11) is 0. The molecule has 0 saturated heterocycles. The van der Waals surface area contributed by atoms with Crippen molar-refractivity contribution in [1.82, 2.24) is 4.98 Å². The topological polar surface area (TPSA) is 42.4 Å². The molecule has 0 spiro atoms. The van der Waals surface area contributed by atoms with Gasteiger partial charge in [-0.2, -0.15) is 0 Å². The van der Waals surface area contributed by atoms with Crippen molar-refractivity contribution in [1.29, 1.82) is 0 Å². The molecule has 212 valence electrons. The molecule has 0 aliphatic rings. The van der Waals surface area contributed by atoms with Gasteiger partial charge in [0.05, 0.1) is 0 Å². The highest BCUT2D eigenvalue weighted by molar-refractivity contribution is 6.06. The van der Waals surface area contributed by atoms with Crippen LogP contribution in [0.5, 0.6) is 0 Å². The Hall–Kier alpha value is -6.13. The highest BCUT2D eigenvalue weighted by Crippen LogP contribution is 2.41. The lowest BCUT2D eigenvalue weighted by Gasteiger charge is -2.26. The molecule has 0 fully saturated rings. The maximum atomic E-state index is 6.40. The SMILES string of the molecule is c1ccc(-c2nc3cccc(-c4cccc(N(c5ccc6ccccc6c5)c5ccc6oc7ccccc7c6c5)c4)c3o2)cc1. The quantitative estimate of drug-likeness (QED) is 0.204. The molecule has 4 heteroatoms. The Kier molecular flexibility index (Phi) is 5.78. The highest BCUT2D eigenvalue weighted by atomic mass is 16.3. The average Bonchev–Trinajstić information content (AvgIpc) is 3.71. The Labute approximate surface area is 259 Å². The fourth-order valence-corrected chi connectivity index (χ4v) is 6.31. The zero-order valence-corrected chi connectivity index (χ0v) is 24.2. The van der Waals surface area contributed by atoms with Gasteiger partial charge >= 0.3 is 0 Å². The zero-order chi connectivity index (χ0) is 29.7. The number of fused-ring (bicyclic) bond motifs is 5. The van der Waals surface area contributed by atoms with Crippen molar-refractivity contribution in [3.05, 3.63) is 158 Å². The van der Waals surface area contributed by atoms with Crippen molar-refractivity contribution in [2.45, 2.75) is 0 Å². The van der Waals surface area contributed by atoms with Gasteiger partial charge in [0.1, 0.15) is 16.7 Å². The van der Waals surface area contributed by atoms with Crippen LogP contribution in [0, 0.1) is 0 Å². The van der Waals surface area contributed by atoms with Crippen LogP contribution in [0.2, 0.25) is 0 Å². The summed E-state index contributed by atoms with van der Waals surface area (Å²) in [4.78, 5) is 7.13. The lowest BCUT2D eigenvalue weighted by molar-refractivity contribution is 0.621. The number of oxazole rings is 1. The maximum Gasteiger partial charge on any atom is 0.227 e. The summed E-state index contributed by atoms with van der Waals surface area (Å²) >= 11 is 0. The van der Waals surface area contributed by atoms with E-state index in [1.54, 1.807) is 0 Å². The van der Waals surface area contributed by atoms with Gasteiger partial charge in [0.2, 0.25) is 5.89 Å². The number of para-hydroxylation sites is 2. The van der Waals surface area contributed by atoms with E-state index in [1.165, 1.54) is 10.8 Å². The Balaban J connectivity index is 1.23. The number of aromatic nitrogens is 1. The monoisotopic (exact) mass is 578 g/mol. The minimum atomic E-state index is 0.618.